The number of ether oxygens (including phenoxy) is 2. The molecule has 1 aliphatic carbocycles. The molecule has 1 amide bonds. The van der Waals surface area contributed by atoms with E-state index in [1.165, 1.54) is 4.88 Å². The van der Waals surface area contributed by atoms with E-state index < -0.39 is 0 Å². The molecule has 1 heterocycles. The number of rotatable bonds is 8. The predicted molar refractivity (Wildman–Crippen MR) is 159 cm³/mol. The number of aliphatic imine (C=N–C) groups is 1. The van der Waals surface area contributed by atoms with Gasteiger partial charge in [0.15, 0.2) is 11.5 Å². The van der Waals surface area contributed by atoms with Crippen LogP contribution in [0.2, 0.25) is 0 Å². The van der Waals surface area contributed by atoms with Crippen molar-refractivity contribution in [2.24, 2.45) is 4.99 Å². The fourth-order valence-corrected chi connectivity index (χ4v) is 6.31. The number of anilines is 1. The Morgan fingerprint density at radius 3 is 2.64 bits per heavy atom. The van der Waals surface area contributed by atoms with Crippen LogP contribution in [0.15, 0.2) is 76.2 Å². The van der Waals surface area contributed by atoms with E-state index in [2.05, 4.69) is 27.3 Å². The van der Waals surface area contributed by atoms with Gasteiger partial charge >= 0.3 is 0 Å². The summed E-state index contributed by atoms with van der Waals surface area (Å²) in [6, 6.07) is 22.7. The quantitative estimate of drug-likeness (QED) is 0.209. The zero-order valence-electron chi connectivity index (χ0n) is 21.4. The summed E-state index contributed by atoms with van der Waals surface area (Å²) >= 11 is 5.21. The summed E-state index contributed by atoms with van der Waals surface area (Å²) in [7, 11) is 1.59. The van der Waals surface area contributed by atoms with E-state index in [0.717, 1.165) is 52.5 Å². The molecule has 0 radical (unpaired) electrons. The number of aryl methyl sites for hydroxylation is 1. The number of nitriles is 1. The van der Waals surface area contributed by atoms with Crippen LogP contribution in [0.1, 0.15) is 50.3 Å². The summed E-state index contributed by atoms with van der Waals surface area (Å²) < 4.78 is 12.4. The number of halogens is 1. The highest BCUT2D eigenvalue weighted by atomic mass is 79.9. The van der Waals surface area contributed by atoms with Crippen molar-refractivity contribution in [1.29, 1.82) is 5.26 Å². The van der Waals surface area contributed by atoms with E-state index in [1.807, 2.05) is 54.6 Å². The highest BCUT2D eigenvalue weighted by Gasteiger charge is 2.25. The van der Waals surface area contributed by atoms with Crippen molar-refractivity contribution in [3.63, 3.8) is 0 Å². The standard InChI is InChI=1S/C31H26BrN3O3S/c1-37-26-16-22(15-25(32)29(26)38-19-21-13-11-20(17-33)12-14-21)18-34-31-28(24-9-5-6-10-27(24)39-31)30(36)35-23-7-3-2-4-8-23/h2-4,7-8,11-16,18H,5-6,9-10,19H2,1H3,(H,35,36). The van der Waals surface area contributed by atoms with Gasteiger partial charge in [-0.15, -0.1) is 11.3 Å². The number of carbonyl (C=O) groups is 1. The lowest BCUT2D eigenvalue weighted by Crippen LogP contribution is -2.14. The third kappa shape index (κ3) is 6.22. The third-order valence-corrected chi connectivity index (χ3v) is 8.25. The number of nitrogens with one attached hydrogen (secondary N) is 1. The minimum Gasteiger partial charge on any atom is -0.493 e. The molecule has 5 rings (SSSR count). The van der Waals surface area contributed by atoms with Crippen LogP contribution in [0.5, 0.6) is 11.5 Å². The highest BCUT2D eigenvalue weighted by molar-refractivity contribution is 9.10. The Morgan fingerprint density at radius 2 is 1.90 bits per heavy atom. The molecule has 3 aromatic carbocycles. The summed E-state index contributed by atoms with van der Waals surface area (Å²) in [4.78, 5) is 19.4. The topological polar surface area (TPSA) is 83.7 Å². The van der Waals surface area contributed by atoms with Crippen LogP contribution in [0, 0.1) is 11.3 Å². The van der Waals surface area contributed by atoms with Gasteiger partial charge in [0, 0.05) is 16.8 Å². The van der Waals surface area contributed by atoms with E-state index in [4.69, 9.17) is 19.7 Å². The normalized spacial score (nSPS) is 12.5. The molecule has 1 N–H and O–H groups in total. The molecule has 0 saturated carbocycles. The molecule has 0 aliphatic heterocycles. The van der Waals surface area contributed by atoms with E-state index in [9.17, 15) is 4.79 Å². The van der Waals surface area contributed by atoms with Gasteiger partial charge in [-0.05, 0) is 94.7 Å². The lowest BCUT2D eigenvalue weighted by molar-refractivity contribution is 0.102. The molecule has 196 valence electrons. The Balaban J connectivity index is 1.39. The molecule has 0 atom stereocenters. The molecule has 0 saturated heterocycles. The van der Waals surface area contributed by atoms with Crippen LogP contribution in [-0.2, 0) is 19.4 Å². The highest BCUT2D eigenvalue weighted by Crippen LogP contribution is 2.41. The van der Waals surface area contributed by atoms with E-state index in [0.29, 0.717) is 34.2 Å². The molecule has 0 spiro atoms. The summed E-state index contributed by atoms with van der Waals surface area (Å²) in [5, 5.41) is 12.7. The van der Waals surface area contributed by atoms with Gasteiger partial charge in [-0.2, -0.15) is 5.26 Å². The van der Waals surface area contributed by atoms with Gasteiger partial charge in [0.2, 0.25) is 0 Å². The van der Waals surface area contributed by atoms with Gasteiger partial charge in [-0.1, -0.05) is 30.3 Å². The minimum atomic E-state index is -0.127. The van der Waals surface area contributed by atoms with E-state index >= 15 is 0 Å². The fraction of sp³-hybridized carbons (Fsp3) is 0.194. The van der Waals surface area contributed by atoms with Crippen LogP contribution in [0.25, 0.3) is 0 Å². The molecule has 0 fully saturated rings. The first-order chi connectivity index (χ1) is 19.1. The van der Waals surface area contributed by atoms with Crippen LogP contribution in [-0.4, -0.2) is 19.2 Å². The monoisotopic (exact) mass is 599 g/mol. The maximum atomic E-state index is 13.4. The number of amides is 1. The van der Waals surface area contributed by atoms with Crippen molar-refractivity contribution in [1.82, 2.24) is 0 Å². The Kier molecular flexibility index (Phi) is 8.40. The van der Waals surface area contributed by atoms with Gasteiger partial charge < -0.3 is 14.8 Å². The van der Waals surface area contributed by atoms with Gasteiger partial charge in [0.25, 0.3) is 5.91 Å². The largest absolute Gasteiger partial charge is 0.493 e. The molecule has 0 bridgehead atoms. The van der Waals surface area contributed by atoms with Crippen LogP contribution >= 0.6 is 27.3 Å². The molecule has 6 nitrogen and oxygen atoms in total. The van der Waals surface area contributed by atoms with Crippen LogP contribution < -0.4 is 14.8 Å². The fourth-order valence-electron chi connectivity index (χ4n) is 4.51. The first-order valence-corrected chi connectivity index (χ1v) is 14.2. The number of benzene rings is 3. The molecule has 8 heteroatoms. The first kappa shape index (κ1) is 26.7. The summed E-state index contributed by atoms with van der Waals surface area (Å²) in [5.74, 6) is 1.01. The summed E-state index contributed by atoms with van der Waals surface area (Å²) in [6.07, 6.45) is 5.83. The Hall–Kier alpha value is -3.93. The van der Waals surface area contributed by atoms with E-state index in [-0.39, 0.29) is 5.91 Å². The van der Waals surface area contributed by atoms with Crippen molar-refractivity contribution in [3.8, 4) is 17.6 Å². The van der Waals surface area contributed by atoms with Crippen LogP contribution in [0.4, 0.5) is 10.7 Å². The number of nitrogens with zero attached hydrogens (tertiary/aromatic N) is 2. The lowest BCUT2D eigenvalue weighted by atomic mass is 9.95. The van der Waals surface area contributed by atoms with Crippen molar-refractivity contribution >= 4 is 50.1 Å². The molecular weight excluding hydrogens is 574 g/mol. The smallest absolute Gasteiger partial charge is 0.259 e. The van der Waals surface area contributed by atoms with Crippen LogP contribution in [0.3, 0.4) is 0 Å². The van der Waals surface area contributed by atoms with Gasteiger partial charge in [0.1, 0.15) is 11.6 Å². The maximum Gasteiger partial charge on any atom is 0.259 e. The number of fused-ring (bicyclic) bond motifs is 1. The van der Waals surface area contributed by atoms with Gasteiger partial charge in [-0.3, -0.25) is 4.79 Å². The summed E-state index contributed by atoms with van der Waals surface area (Å²) in [6.45, 7) is 0.328. The predicted octanol–water partition coefficient (Wildman–Crippen LogP) is 7.85. The summed E-state index contributed by atoms with van der Waals surface area (Å²) in [5.41, 5.74) is 4.91. The maximum absolute atomic E-state index is 13.4. The number of hydrogen-bond acceptors (Lipinski definition) is 6. The first-order valence-electron chi connectivity index (χ1n) is 12.6. The van der Waals surface area contributed by atoms with Crippen molar-refractivity contribution in [3.05, 3.63) is 104 Å². The average molecular weight is 601 g/mol. The average Bonchev–Trinajstić information content (AvgIpc) is 3.34. The number of carbonyl (C=O) groups excluding carboxylic acids is 1. The second kappa shape index (κ2) is 12.3. The molecule has 39 heavy (non-hydrogen) atoms. The zero-order valence-corrected chi connectivity index (χ0v) is 23.8. The Bertz CT molecular complexity index is 1560. The molecular formula is C31H26BrN3O3S. The van der Waals surface area contributed by atoms with Crippen molar-refractivity contribution in [2.45, 2.75) is 32.3 Å². The molecule has 4 aromatic rings. The molecule has 1 aliphatic rings. The zero-order chi connectivity index (χ0) is 27.2. The van der Waals surface area contributed by atoms with Gasteiger partial charge in [0.05, 0.1) is 28.8 Å². The number of hydrogen-bond donors (Lipinski definition) is 1. The van der Waals surface area contributed by atoms with Crippen molar-refractivity contribution < 1.29 is 14.3 Å². The number of thiophene rings is 1. The second-order valence-corrected chi connectivity index (χ2v) is 11.0. The van der Waals surface area contributed by atoms with Crippen molar-refractivity contribution in [2.75, 3.05) is 12.4 Å². The Labute approximate surface area is 240 Å². The number of para-hydroxylation sites is 1. The number of methoxy groups -OCH3 is 1. The third-order valence-electron chi connectivity index (χ3n) is 6.46. The Morgan fingerprint density at radius 1 is 1.13 bits per heavy atom. The van der Waals surface area contributed by atoms with Gasteiger partial charge in [-0.25, -0.2) is 4.99 Å². The molecule has 0 unspecified atom stereocenters. The lowest BCUT2D eigenvalue weighted by Gasteiger charge is -2.14. The minimum absolute atomic E-state index is 0.127. The second-order valence-electron chi connectivity index (χ2n) is 9.10. The molecule has 1 aromatic heterocycles. The van der Waals surface area contributed by atoms with E-state index in [1.54, 1.807) is 36.8 Å². The SMILES string of the molecule is COc1cc(C=Nc2sc3c(c2C(=O)Nc2ccccc2)CCCC3)cc(Br)c1OCc1ccc(C#N)cc1.